The Morgan fingerprint density at radius 2 is 2.27 bits per heavy atom. The summed E-state index contributed by atoms with van der Waals surface area (Å²) in [6.07, 6.45) is -2.49. The van der Waals surface area contributed by atoms with Crippen molar-refractivity contribution in [3.8, 4) is 0 Å². The van der Waals surface area contributed by atoms with E-state index in [0.29, 0.717) is 31.7 Å². The van der Waals surface area contributed by atoms with Crippen LogP contribution in [0.25, 0.3) is 0 Å². The van der Waals surface area contributed by atoms with E-state index in [1.54, 1.807) is 11.9 Å². The second-order valence-corrected chi connectivity index (χ2v) is 5.24. The molecule has 0 bridgehead atoms. The standard InChI is InChI=1S/C13H19F3N4O.ClH/c1-17-5-4-12(21)20-6-2-3-9(8-20)10-7-11(19-18-10)13(14,15)16;/h7,9,17H,2-6,8H2,1H3,(H,18,19);1H. The summed E-state index contributed by atoms with van der Waals surface area (Å²) in [6, 6.07) is 1.05. The SMILES string of the molecule is CNCCC(=O)N1CCCC(c2cc(C(F)(F)F)n[nH]2)C1.Cl. The zero-order valence-corrected chi connectivity index (χ0v) is 13.1. The normalized spacial score (nSPS) is 18.9. The number of rotatable bonds is 4. The van der Waals surface area contributed by atoms with E-state index in [0.717, 1.165) is 18.9 Å². The molecule has 0 radical (unpaired) electrons. The molecule has 2 rings (SSSR count). The van der Waals surface area contributed by atoms with Crippen LogP contribution in [0.3, 0.4) is 0 Å². The van der Waals surface area contributed by atoms with Crippen LogP contribution >= 0.6 is 12.4 Å². The van der Waals surface area contributed by atoms with Crippen molar-refractivity contribution in [2.75, 3.05) is 26.7 Å². The van der Waals surface area contributed by atoms with E-state index in [2.05, 4.69) is 15.5 Å². The number of aromatic nitrogens is 2. The number of likely N-dealkylation sites (tertiary alicyclic amines) is 1. The summed E-state index contributed by atoms with van der Waals surface area (Å²) in [5.74, 6) is -0.0782. The molecule has 0 spiro atoms. The molecule has 0 saturated carbocycles. The van der Waals surface area contributed by atoms with Gasteiger partial charge < -0.3 is 10.2 Å². The summed E-state index contributed by atoms with van der Waals surface area (Å²) < 4.78 is 37.7. The van der Waals surface area contributed by atoms with Gasteiger partial charge in [0.1, 0.15) is 0 Å². The van der Waals surface area contributed by atoms with E-state index in [1.807, 2.05) is 0 Å². The number of carbonyl (C=O) groups excluding carboxylic acids is 1. The monoisotopic (exact) mass is 340 g/mol. The highest BCUT2D eigenvalue weighted by Gasteiger charge is 2.35. The Labute approximate surface area is 133 Å². The first-order valence-corrected chi connectivity index (χ1v) is 6.96. The zero-order valence-electron chi connectivity index (χ0n) is 12.2. The second kappa shape index (κ2) is 7.82. The molecule has 1 amide bonds. The van der Waals surface area contributed by atoms with Crippen LogP contribution in [0.4, 0.5) is 13.2 Å². The first kappa shape index (κ1) is 18.8. The number of nitrogens with one attached hydrogen (secondary N) is 2. The third-order valence-corrected chi connectivity index (χ3v) is 3.69. The summed E-state index contributed by atoms with van der Waals surface area (Å²) in [6.45, 7) is 1.71. The lowest BCUT2D eigenvalue weighted by molar-refractivity contribution is -0.141. The lowest BCUT2D eigenvalue weighted by Crippen LogP contribution is -2.40. The van der Waals surface area contributed by atoms with Crippen LogP contribution in [0.2, 0.25) is 0 Å². The van der Waals surface area contributed by atoms with E-state index in [-0.39, 0.29) is 24.2 Å². The largest absolute Gasteiger partial charge is 0.435 e. The quantitative estimate of drug-likeness (QED) is 0.883. The van der Waals surface area contributed by atoms with E-state index in [9.17, 15) is 18.0 Å². The predicted octanol–water partition coefficient (Wildman–Crippen LogP) is 2.17. The van der Waals surface area contributed by atoms with Crippen LogP contribution in [0.15, 0.2) is 6.07 Å². The van der Waals surface area contributed by atoms with Crippen LogP contribution in [0.5, 0.6) is 0 Å². The van der Waals surface area contributed by atoms with Crippen molar-refractivity contribution < 1.29 is 18.0 Å². The molecule has 1 unspecified atom stereocenters. The van der Waals surface area contributed by atoms with Gasteiger partial charge in [0.25, 0.3) is 0 Å². The van der Waals surface area contributed by atoms with Crippen molar-refractivity contribution >= 4 is 18.3 Å². The molecule has 1 aliphatic heterocycles. The van der Waals surface area contributed by atoms with Gasteiger partial charge >= 0.3 is 6.18 Å². The molecule has 1 aliphatic rings. The number of aromatic amines is 1. The minimum Gasteiger partial charge on any atom is -0.342 e. The van der Waals surface area contributed by atoms with Gasteiger partial charge in [0.2, 0.25) is 5.91 Å². The van der Waals surface area contributed by atoms with Gasteiger partial charge in [0.05, 0.1) is 0 Å². The molecule has 22 heavy (non-hydrogen) atoms. The summed E-state index contributed by atoms with van der Waals surface area (Å²) in [4.78, 5) is 13.7. The number of nitrogens with zero attached hydrogens (tertiary/aromatic N) is 2. The fourth-order valence-corrected chi connectivity index (χ4v) is 2.54. The van der Waals surface area contributed by atoms with Crippen molar-refractivity contribution in [3.05, 3.63) is 17.5 Å². The molecule has 5 nitrogen and oxygen atoms in total. The number of carbonyl (C=O) groups is 1. The third kappa shape index (κ3) is 4.61. The molecule has 2 heterocycles. The molecule has 1 aromatic heterocycles. The van der Waals surface area contributed by atoms with Crippen molar-refractivity contribution in [1.29, 1.82) is 0 Å². The van der Waals surface area contributed by atoms with Crippen LogP contribution in [-0.4, -0.2) is 47.7 Å². The molecular formula is C13H20ClF3N4O. The molecule has 1 saturated heterocycles. The summed E-state index contributed by atoms with van der Waals surface area (Å²) in [5, 5.41) is 8.69. The second-order valence-electron chi connectivity index (χ2n) is 5.24. The van der Waals surface area contributed by atoms with Gasteiger partial charge in [0, 0.05) is 37.7 Å². The minimum absolute atomic E-state index is 0. The number of hydrogen-bond acceptors (Lipinski definition) is 3. The van der Waals surface area contributed by atoms with Crippen LogP contribution in [0.1, 0.15) is 36.6 Å². The maximum atomic E-state index is 12.6. The van der Waals surface area contributed by atoms with E-state index in [4.69, 9.17) is 0 Å². The van der Waals surface area contributed by atoms with E-state index in [1.165, 1.54) is 0 Å². The highest BCUT2D eigenvalue weighted by molar-refractivity contribution is 5.85. The van der Waals surface area contributed by atoms with Crippen molar-refractivity contribution in [1.82, 2.24) is 20.4 Å². The number of alkyl halides is 3. The van der Waals surface area contributed by atoms with Crippen molar-refractivity contribution in [3.63, 3.8) is 0 Å². The van der Waals surface area contributed by atoms with Crippen molar-refractivity contribution in [2.45, 2.75) is 31.4 Å². The molecule has 0 aliphatic carbocycles. The number of halogens is 4. The van der Waals surface area contributed by atoms with Gasteiger partial charge in [-0.25, -0.2) is 0 Å². The van der Waals surface area contributed by atoms with Crippen molar-refractivity contribution in [2.24, 2.45) is 0 Å². The Kier molecular flexibility index (Phi) is 6.67. The molecule has 1 fully saturated rings. The molecule has 1 atom stereocenters. The molecule has 2 N–H and O–H groups in total. The lowest BCUT2D eigenvalue weighted by atomic mass is 9.94. The van der Waals surface area contributed by atoms with Crippen LogP contribution in [0, 0.1) is 0 Å². The Morgan fingerprint density at radius 3 is 2.86 bits per heavy atom. The van der Waals surface area contributed by atoms with Gasteiger partial charge in [-0.05, 0) is 26.0 Å². The van der Waals surface area contributed by atoms with Gasteiger partial charge in [0.15, 0.2) is 5.69 Å². The molecule has 1 aromatic rings. The van der Waals surface area contributed by atoms with Gasteiger partial charge in [-0.2, -0.15) is 18.3 Å². The highest BCUT2D eigenvalue weighted by Crippen LogP contribution is 2.32. The summed E-state index contributed by atoms with van der Waals surface area (Å²) >= 11 is 0. The molecule has 9 heteroatoms. The van der Waals surface area contributed by atoms with Gasteiger partial charge in [-0.1, -0.05) is 0 Å². The summed E-state index contributed by atoms with van der Waals surface area (Å²) in [7, 11) is 1.77. The fourth-order valence-electron chi connectivity index (χ4n) is 2.54. The number of piperidine rings is 1. The average molecular weight is 341 g/mol. The maximum Gasteiger partial charge on any atom is 0.435 e. The first-order valence-electron chi connectivity index (χ1n) is 6.96. The molecule has 0 aromatic carbocycles. The van der Waals surface area contributed by atoms with E-state index >= 15 is 0 Å². The zero-order chi connectivity index (χ0) is 15.5. The molecule has 126 valence electrons. The lowest BCUT2D eigenvalue weighted by Gasteiger charge is -2.32. The minimum atomic E-state index is -4.44. The fraction of sp³-hybridized carbons (Fsp3) is 0.692. The number of hydrogen-bond donors (Lipinski definition) is 2. The number of amides is 1. The number of H-pyrrole nitrogens is 1. The topological polar surface area (TPSA) is 61.0 Å². The first-order chi connectivity index (χ1) is 9.91. The Balaban J connectivity index is 0.00000242. The average Bonchev–Trinajstić information content (AvgIpc) is 2.95. The Bertz CT molecular complexity index is 492. The van der Waals surface area contributed by atoms with Gasteiger partial charge in [-0.15, -0.1) is 12.4 Å². The van der Waals surface area contributed by atoms with E-state index < -0.39 is 11.9 Å². The third-order valence-electron chi connectivity index (χ3n) is 3.69. The van der Waals surface area contributed by atoms with Crippen LogP contribution < -0.4 is 5.32 Å². The molecular weight excluding hydrogens is 321 g/mol. The Morgan fingerprint density at radius 1 is 1.55 bits per heavy atom. The Hall–Kier alpha value is -1.28. The maximum absolute atomic E-state index is 12.6. The predicted molar refractivity (Wildman–Crippen MR) is 77.9 cm³/mol. The highest BCUT2D eigenvalue weighted by atomic mass is 35.5. The smallest absolute Gasteiger partial charge is 0.342 e. The van der Waals surface area contributed by atoms with Gasteiger partial charge in [-0.3, -0.25) is 9.89 Å². The summed E-state index contributed by atoms with van der Waals surface area (Å²) in [5.41, 5.74) is -0.454. The van der Waals surface area contributed by atoms with Crippen LogP contribution in [-0.2, 0) is 11.0 Å².